The van der Waals surface area contributed by atoms with Crippen LogP contribution in [0.2, 0.25) is 0 Å². The van der Waals surface area contributed by atoms with Crippen molar-refractivity contribution in [2.24, 2.45) is 0 Å². The van der Waals surface area contributed by atoms with E-state index in [1.165, 1.54) is 44.6 Å². The average molecular weight is 237 g/mol. The number of nitrogens with zero attached hydrogens (tertiary/aromatic N) is 2. The molecule has 1 saturated carbocycles. The van der Waals surface area contributed by atoms with Crippen LogP contribution in [0, 0.1) is 0 Å². The van der Waals surface area contributed by atoms with Crippen LogP contribution in [0.3, 0.4) is 0 Å². The van der Waals surface area contributed by atoms with Gasteiger partial charge >= 0.3 is 0 Å². The number of rotatable bonds is 6. The zero-order valence-corrected chi connectivity index (χ0v) is 11.4. The highest BCUT2D eigenvalue weighted by molar-refractivity contribution is 5.02. The molecule has 0 radical (unpaired) electrons. The van der Waals surface area contributed by atoms with Gasteiger partial charge in [-0.2, -0.15) is 0 Å². The number of hydrogen-bond acceptors (Lipinski definition) is 3. The van der Waals surface area contributed by atoms with Crippen LogP contribution < -0.4 is 5.32 Å². The SMILES string of the molecule is C=C(CNC1CC1)CN1CCN(C(C)C)CC1. The highest BCUT2D eigenvalue weighted by Gasteiger charge is 2.21. The van der Waals surface area contributed by atoms with Crippen LogP contribution in [0.15, 0.2) is 12.2 Å². The van der Waals surface area contributed by atoms with Gasteiger partial charge in [-0.15, -0.1) is 0 Å². The standard InChI is InChI=1S/C14H27N3/c1-12(2)17-8-6-16(7-9-17)11-13(3)10-15-14-4-5-14/h12,14-15H,3-11H2,1-2H3. The Balaban J connectivity index is 1.61. The third-order valence-corrected chi connectivity index (χ3v) is 3.80. The van der Waals surface area contributed by atoms with E-state index in [4.69, 9.17) is 0 Å². The van der Waals surface area contributed by atoms with Crippen molar-refractivity contribution in [3.05, 3.63) is 12.2 Å². The highest BCUT2D eigenvalue weighted by atomic mass is 15.3. The minimum Gasteiger partial charge on any atom is -0.310 e. The topological polar surface area (TPSA) is 18.5 Å². The summed E-state index contributed by atoms with van der Waals surface area (Å²) in [6, 6.07) is 1.49. The molecule has 17 heavy (non-hydrogen) atoms. The van der Waals surface area contributed by atoms with E-state index in [9.17, 15) is 0 Å². The second-order valence-corrected chi connectivity index (χ2v) is 5.81. The number of hydrogen-bond donors (Lipinski definition) is 1. The maximum Gasteiger partial charge on any atom is 0.0203 e. The fraction of sp³-hybridized carbons (Fsp3) is 0.857. The van der Waals surface area contributed by atoms with Gasteiger partial charge in [0.1, 0.15) is 0 Å². The zero-order chi connectivity index (χ0) is 12.3. The Labute approximate surface area is 106 Å². The smallest absolute Gasteiger partial charge is 0.0203 e. The second-order valence-electron chi connectivity index (χ2n) is 5.81. The second kappa shape index (κ2) is 5.98. The first-order valence-corrected chi connectivity index (χ1v) is 7.01. The van der Waals surface area contributed by atoms with Crippen LogP contribution in [-0.2, 0) is 0 Å². The van der Waals surface area contributed by atoms with Gasteiger partial charge in [-0.3, -0.25) is 9.80 Å². The number of nitrogens with one attached hydrogen (secondary N) is 1. The van der Waals surface area contributed by atoms with Crippen LogP contribution in [0.4, 0.5) is 0 Å². The van der Waals surface area contributed by atoms with Crippen molar-refractivity contribution in [2.75, 3.05) is 39.3 Å². The lowest BCUT2D eigenvalue weighted by atomic mass is 10.2. The van der Waals surface area contributed by atoms with E-state index in [0.717, 1.165) is 19.1 Å². The largest absolute Gasteiger partial charge is 0.310 e. The summed E-state index contributed by atoms with van der Waals surface area (Å²) >= 11 is 0. The summed E-state index contributed by atoms with van der Waals surface area (Å²) < 4.78 is 0. The molecule has 0 spiro atoms. The van der Waals surface area contributed by atoms with E-state index in [0.29, 0.717) is 6.04 Å². The first-order chi connectivity index (χ1) is 8.15. The fourth-order valence-corrected chi connectivity index (χ4v) is 2.39. The molecule has 3 nitrogen and oxygen atoms in total. The number of piperazine rings is 1. The summed E-state index contributed by atoms with van der Waals surface area (Å²) in [5.74, 6) is 0. The molecule has 3 heteroatoms. The average Bonchev–Trinajstić information content (AvgIpc) is 3.11. The van der Waals surface area contributed by atoms with E-state index in [1.54, 1.807) is 0 Å². The van der Waals surface area contributed by atoms with Gasteiger partial charge in [0.25, 0.3) is 0 Å². The molecule has 1 N–H and O–H groups in total. The first kappa shape index (κ1) is 13.1. The van der Waals surface area contributed by atoms with E-state index in [2.05, 4.69) is 35.5 Å². The monoisotopic (exact) mass is 237 g/mol. The molecular weight excluding hydrogens is 210 g/mol. The zero-order valence-electron chi connectivity index (χ0n) is 11.4. The molecule has 1 aliphatic heterocycles. The van der Waals surface area contributed by atoms with Crippen LogP contribution in [0.25, 0.3) is 0 Å². The van der Waals surface area contributed by atoms with Gasteiger partial charge in [-0.1, -0.05) is 6.58 Å². The maximum atomic E-state index is 4.18. The predicted octanol–water partition coefficient (Wildman–Crippen LogP) is 1.32. The lowest BCUT2D eigenvalue weighted by molar-refractivity contribution is 0.115. The molecule has 2 fully saturated rings. The molecule has 1 saturated heterocycles. The van der Waals surface area contributed by atoms with Gasteiger partial charge in [0.15, 0.2) is 0 Å². The van der Waals surface area contributed by atoms with Crippen molar-refractivity contribution in [1.29, 1.82) is 0 Å². The van der Waals surface area contributed by atoms with Gasteiger partial charge in [-0.05, 0) is 32.3 Å². The van der Waals surface area contributed by atoms with E-state index in [-0.39, 0.29) is 0 Å². The van der Waals surface area contributed by atoms with E-state index < -0.39 is 0 Å². The molecule has 0 atom stereocenters. The third kappa shape index (κ3) is 4.41. The summed E-state index contributed by atoms with van der Waals surface area (Å²) in [4.78, 5) is 5.09. The molecular formula is C14H27N3. The summed E-state index contributed by atoms with van der Waals surface area (Å²) in [6.45, 7) is 15.6. The Morgan fingerprint density at radius 3 is 2.41 bits per heavy atom. The Bertz CT molecular complexity index is 250. The van der Waals surface area contributed by atoms with Crippen LogP contribution in [0.1, 0.15) is 26.7 Å². The normalized spacial score (nSPS) is 23.2. The Hall–Kier alpha value is -0.380. The van der Waals surface area contributed by atoms with Gasteiger partial charge in [0.05, 0.1) is 0 Å². The quantitative estimate of drug-likeness (QED) is 0.703. The summed E-state index contributed by atoms with van der Waals surface area (Å²) in [6.07, 6.45) is 2.72. The van der Waals surface area contributed by atoms with Crippen molar-refractivity contribution in [3.8, 4) is 0 Å². The van der Waals surface area contributed by atoms with Crippen molar-refractivity contribution < 1.29 is 0 Å². The lowest BCUT2D eigenvalue weighted by Gasteiger charge is -2.37. The molecule has 1 aliphatic carbocycles. The first-order valence-electron chi connectivity index (χ1n) is 7.01. The Morgan fingerprint density at radius 1 is 1.24 bits per heavy atom. The van der Waals surface area contributed by atoms with E-state index in [1.807, 2.05) is 0 Å². The van der Waals surface area contributed by atoms with Crippen molar-refractivity contribution in [3.63, 3.8) is 0 Å². The molecule has 2 rings (SSSR count). The van der Waals surface area contributed by atoms with Gasteiger partial charge in [0, 0.05) is 51.4 Å². The van der Waals surface area contributed by atoms with Gasteiger partial charge < -0.3 is 5.32 Å². The summed E-state index contributed by atoms with van der Waals surface area (Å²) in [5, 5.41) is 3.54. The molecule has 0 unspecified atom stereocenters. The Morgan fingerprint density at radius 2 is 1.88 bits per heavy atom. The van der Waals surface area contributed by atoms with Crippen molar-refractivity contribution >= 4 is 0 Å². The molecule has 98 valence electrons. The molecule has 0 aromatic heterocycles. The molecule has 1 heterocycles. The van der Waals surface area contributed by atoms with Crippen molar-refractivity contribution in [1.82, 2.24) is 15.1 Å². The predicted molar refractivity (Wildman–Crippen MR) is 73.3 cm³/mol. The minimum absolute atomic E-state index is 0.692. The molecule has 0 bridgehead atoms. The molecule has 0 aromatic rings. The molecule has 2 aliphatic rings. The van der Waals surface area contributed by atoms with Crippen LogP contribution >= 0.6 is 0 Å². The van der Waals surface area contributed by atoms with Crippen LogP contribution in [0.5, 0.6) is 0 Å². The highest BCUT2D eigenvalue weighted by Crippen LogP contribution is 2.18. The minimum atomic E-state index is 0.692. The van der Waals surface area contributed by atoms with Gasteiger partial charge in [-0.25, -0.2) is 0 Å². The van der Waals surface area contributed by atoms with Gasteiger partial charge in [0.2, 0.25) is 0 Å². The molecule has 0 aromatic carbocycles. The summed E-state index contributed by atoms with van der Waals surface area (Å²) in [5.41, 5.74) is 1.34. The van der Waals surface area contributed by atoms with Crippen molar-refractivity contribution in [2.45, 2.75) is 38.8 Å². The van der Waals surface area contributed by atoms with E-state index >= 15 is 0 Å². The van der Waals surface area contributed by atoms with Crippen LogP contribution in [-0.4, -0.2) is 61.2 Å². The maximum absolute atomic E-state index is 4.18. The third-order valence-electron chi connectivity index (χ3n) is 3.80. The molecule has 0 amide bonds. The fourth-order valence-electron chi connectivity index (χ4n) is 2.39. The lowest BCUT2D eigenvalue weighted by Crippen LogP contribution is -2.49. The Kier molecular flexibility index (Phi) is 4.60. The summed E-state index contributed by atoms with van der Waals surface area (Å²) in [7, 11) is 0.